The van der Waals surface area contributed by atoms with Crippen molar-refractivity contribution in [3.63, 3.8) is 0 Å². The lowest BCUT2D eigenvalue weighted by molar-refractivity contribution is -0.384. The third-order valence-corrected chi connectivity index (χ3v) is 4.42. The lowest BCUT2D eigenvalue weighted by Gasteiger charge is -2.18. The van der Waals surface area contributed by atoms with Crippen LogP contribution in [0.15, 0.2) is 27.5 Å². The average Bonchev–Trinajstić information content (AvgIpc) is 2.80. The molecule has 3 rings (SSSR count). The van der Waals surface area contributed by atoms with E-state index in [0.29, 0.717) is 6.07 Å². The number of carbonyl (C=O) groups excluding carboxylic acids is 2. The molecule has 0 aliphatic carbocycles. The molecule has 9 nitrogen and oxygen atoms in total. The number of nitro groups is 1. The molecule has 0 saturated carbocycles. The monoisotopic (exact) mass is 446 g/mol. The van der Waals surface area contributed by atoms with Crippen LogP contribution in [0.4, 0.5) is 24.7 Å². The first-order valence-electron chi connectivity index (χ1n) is 6.90. The van der Waals surface area contributed by atoms with Crippen molar-refractivity contribution < 1.29 is 27.7 Å². The molecule has 0 unspecified atom stereocenters. The van der Waals surface area contributed by atoms with Crippen molar-refractivity contribution in [3.05, 3.63) is 59.8 Å². The Labute approximate surface area is 154 Å². The summed E-state index contributed by atoms with van der Waals surface area (Å²) in [5.41, 5.74) is -0.282. The summed E-state index contributed by atoms with van der Waals surface area (Å²) in [6.45, 7) is 0. The van der Waals surface area contributed by atoms with Crippen LogP contribution in [0, 0.1) is 10.1 Å². The van der Waals surface area contributed by atoms with Gasteiger partial charge in [0.25, 0.3) is 23.1 Å². The molecule has 0 bridgehead atoms. The van der Waals surface area contributed by atoms with E-state index < -0.39 is 66.8 Å². The van der Waals surface area contributed by atoms with E-state index in [-0.39, 0.29) is 4.57 Å². The number of amides is 2. The number of nitrogen functional groups attached to an aromatic ring is 1. The predicted octanol–water partition coefficient (Wildman–Crippen LogP) is 1.99. The molecule has 140 valence electrons. The van der Waals surface area contributed by atoms with Gasteiger partial charge in [0, 0.05) is 16.6 Å². The highest BCUT2D eigenvalue weighted by Gasteiger charge is 2.42. The number of nitrogens with one attached hydrogen (secondary N) is 1. The quantitative estimate of drug-likeness (QED) is 0.411. The molecule has 3 N–H and O–H groups in total. The van der Waals surface area contributed by atoms with E-state index in [9.17, 15) is 37.7 Å². The Balaban J connectivity index is 2.53. The lowest BCUT2D eigenvalue weighted by Crippen LogP contribution is -2.27. The second-order valence-electron chi connectivity index (χ2n) is 5.32. The second kappa shape index (κ2) is 5.90. The second-order valence-corrected chi connectivity index (χ2v) is 6.17. The number of nitro benzene ring substituents is 1. The first kappa shape index (κ1) is 18.6. The standard InChI is InChI=1S/C14H6BrF3N4O5/c15-5-1-2-6(22(26)27)10(9(5)14(16,17)18)21-7(23)3-4-8(11(21)19)13(25)20-12(4)24/h1-3H,19H2,(H,20,24,25). The number of rotatable bonds is 2. The fourth-order valence-electron chi connectivity index (χ4n) is 2.71. The number of pyridine rings is 1. The molecular weight excluding hydrogens is 441 g/mol. The molecule has 0 spiro atoms. The Morgan fingerprint density at radius 2 is 1.81 bits per heavy atom. The van der Waals surface area contributed by atoms with Gasteiger partial charge in [-0.2, -0.15) is 13.2 Å². The normalized spacial score (nSPS) is 13.5. The number of hydrogen-bond donors (Lipinski definition) is 2. The van der Waals surface area contributed by atoms with Crippen molar-refractivity contribution in [3.8, 4) is 5.69 Å². The van der Waals surface area contributed by atoms with E-state index in [1.165, 1.54) is 0 Å². The zero-order valence-corrected chi connectivity index (χ0v) is 14.3. The fourth-order valence-corrected chi connectivity index (χ4v) is 3.25. The topological polar surface area (TPSA) is 137 Å². The maximum atomic E-state index is 13.6. The highest BCUT2D eigenvalue weighted by Crippen LogP contribution is 2.43. The van der Waals surface area contributed by atoms with Crippen LogP contribution in [0.5, 0.6) is 0 Å². The van der Waals surface area contributed by atoms with Gasteiger partial charge in [0.1, 0.15) is 17.1 Å². The van der Waals surface area contributed by atoms with Gasteiger partial charge in [0.05, 0.1) is 16.1 Å². The number of imide groups is 1. The van der Waals surface area contributed by atoms with Gasteiger partial charge in [-0.25, -0.2) is 0 Å². The fraction of sp³-hybridized carbons (Fsp3) is 0.0714. The molecule has 0 atom stereocenters. The maximum Gasteiger partial charge on any atom is 0.419 e. The minimum Gasteiger partial charge on any atom is -0.384 e. The Morgan fingerprint density at radius 1 is 1.19 bits per heavy atom. The summed E-state index contributed by atoms with van der Waals surface area (Å²) in [4.78, 5) is 46.1. The Bertz CT molecular complexity index is 1110. The summed E-state index contributed by atoms with van der Waals surface area (Å²) >= 11 is 2.66. The molecule has 2 heterocycles. The molecule has 1 aromatic heterocycles. The van der Waals surface area contributed by atoms with E-state index in [0.717, 1.165) is 12.1 Å². The number of anilines is 1. The van der Waals surface area contributed by atoms with Gasteiger partial charge < -0.3 is 5.73 Å². The minimum atomic E-state index is -5.11. The smallest absolute Gasteiger partial charge is 0.384 e. The van der Waals surface area contributed by atoms with Gasteiger partial charge in [-0.3, -0.25) is 34.4 Å². The van der Waals surface area contributed by atoms with E-state index in [2.05, 4.69) is 15.9 Å². The molecular formula is C14H6BrF3N4O5. The highest BCUT2D eigenvalue weighted by atomic mass is 79.9. The highest BCUT2D eigenvalue weighted by molar-refractivity contribution is 9.10. The van der Waals surface area contributed by atoms with E-state index in [1.54, 1.807) is 0 Å². The van der Waals surface area contributed by atoms with E-state index >= 15 is 0 Å². The van der Waals surface area contributed by atoms with Gasteiger partial charge in [-0.15, -0.1) is 0 Å². The molecule has 2 aromatic rings. The van der Waals surface area contributed by atoms with Gasteiger partial charge in [0.15, 0.2) is 0 Å². The minimum absolute atomic E-state index is 0.197. The number of alkyl halides is 3. The van der Waals surface area contributed by atoms with Crippen LogP contribution >= 0.6 is 15.9 Å². The number of halogens is 4. The van der Waals surface area contributed by atoms with Crippen molar-refractivity contribution in [2.24, 2.45) is 0 Å². The number of aromatic nitrogens is 1. The molecule has 0 fully saturated rings. The van der Waals surface area contributed by atoms with Crippen molar-refractivity contribution in [2.75, 3.05) is 5.73 Å². The lowest BCUT2D eigenvalue weighted by atomic mass is 10.1. The summed E-state index contributed by atoms with van der Waals surface area (Å²) in [6, 6.07) is 2.14. The third-order valence-electron chi connectivity index (χ3n) is 3.76. The number of benzene rings is 1. The number of hydrogen-bond acceptors (Lipinski definition) is 6. The van der Waals surface area contributed by atoms with Crippen LogP contribution < -0.4 is 16.6 Å². The first-order valence-corrected chi connectivity index (χ1v) is 7.70. The molecule has 0 radical (unpaired) electrons. The molecule has 1 aliphatic heterocycles. The molecule has 1 aromatic carbocycles. The van der Waals surface area contributed by atoms with Crippen LogP contribution in [-0.2, 0) is 6.18 Å². The number of fused-ring (bicyclic) bond motifs is 1. The Morgan fingerprint density at radius 3 is 2.37 bits per heavy atom. The molecule has 13 heteroatoms. The van der Waals surface area contributed by atoms with Crippen LogP contribution in [0.2, 0.25) is 0 Å². The summed E-state index contributed by atoms with van der Waals surface area (Å²) in [5, 5.41) is 13.1. The number of nitrogens with zero attached hydrogens (tertiary/aromatic N) is 2. The van der Waals surface area contributed by atoms with Gasteiger partial charge in [-0.1, -0.05) is 15.9 Å². The van der Waals surface area contributed by atoms with Crippen molar-refractivity contribution in [1.82, 2.24) is 9.88 Å². The van der Waals surface area contributed by atoms with E-state index in [4.69, 9.17) is 5.73 Å². The average molecular weight is 447 g/mol. The van der Waals surface area contributed by atoms with Crippen LogP contribution in [0.25, 0.3) is 5.69 Å². The van der Waals surface area contributed by atoms with Crippen LogP contribution in [-0.4, -0.2) is 21.3 Å². The Kier molecular flexibility index (Phi) is 4.06. The Hall–Kier alpha value is -3.22. The summed E-state index contributed by atoms with van der Waals surface area (Å²) in [7, 11) is 0. The van der Waals surface area contributed by atoms with Crippen LogP contribution in [0.1, 0.15) is 26.3 Å². The van der Waals surface area contributed by atoms with Crippen molar-refractivity contribution in [1.29, 1.82) is 0 Å². The maximum absolute atomic E-state index is 13.6. The SMILES string of the molecule is Nc1c2c(cc(=O)n1-c1c([N+](=O)[O-])ccc(Br)c1C(F)(F)F)C(=O)NC2=O. The predicted molar refractivity (Wildman–Crippen MR) is 87.6 cm³/mol. The van der Waals surface area contributed by atoms with Gasteiger partial charge in [-0.05, 0) is 6.07 Å². The van der Waals surface area contributed by atoms with Crippen molar-refractivity contribution >= 4 is 39.2 Å². The summed E-state index contributed by atoms with van der Waals surface area (Å²) < 4.78 is 40.3. The zero-order chi connectivity index (χ0) is 20.3. The van der Waals surface area contributed by atoms with Gasteiger partial charge in [0.2, 0.25) is 0 Å². The molecule has 27 heavy (non-hydrogen) atoms. The van der Waals surface area contributed by atoms with Gasteiger partial charge >= 0.3 is 6.18 Å². The van der Waals surface area contributed by atoms with Crippen molar-refractivity contribution in [2.45, 2.75) is 6.18 Å². The van der Waals surface area contributed by atoms with E-state index in [1.807, 2.05) is 5.32 Å². The van der Waals surface area contributed by atoms with Crippen LogP contribution in [0.3, 0.4) is 0 Å². The molecule has 2 amide bonds. The number of carbonyl (C=O) groups is 2. The zero-order valence-electron chi connectivity index (χ0n) is 12.8. The third kappa shape index (κ3) is 2.75. The first-order chi connectivity index (χ1) is 12.4. The molecule has 1 aliphatic rings. The number of nitrogens with two attached hydrogens (primary N) is 1. The molecule has 0 saturated heterocycles. The summed E-state index contributed by atoms with van der Waals surface area (Å²) in [6.07, 6.45) is -5.11. The summed E-state index contributed by atoms with van der Waals surface area (Å²) in [5.74, 6) is -2.81. The largest absolute Gasteiger partial charge is 0.419 e.